The van der Waals surface area contributed by atoms with Gasteiger partial charge in [-0.15, -0.1) is 0 Å². The van der Waals surface area contributed by atoms with Gasteiger partial charge in [-0.25, -0.2) is 0 Å². The van der Waals surface area contributed by atoms with Crippen LogP contribution in [0.3, 0.4) is 0 Å². The number of rotatable bonds is 6. The van der Waals surface area contributed by atoms with Gasteiger partial charge >= 0.3 is 8.56 Å². The van der Waals surface area contributed by atoms with Crippen molar-refractivity contribution in [3.63, 3.8) is 0 Å². The zero-order chi connectivity index (χ0) is 14.4. The highest BCUT2D eigenvalue weighted by Gasteiger charge is 2.45. The lowest BCUT2D eigenvalue weighted by Crippen LogP contribution is -2.46. The van der Waals surface area contributed by atoms with E-state index in [1.807, 2.05) is 14.2 Å². The molecular formula is C17H28O2Si. The normalized spacial score (nSPS) is 18.9. The lowest BCUT2D eigenvalue weighted by molar-refractivity contribution is 0.214. The van der Waals surface area contributed by atoms with Gasteiger partial charge in [0, 0.05) is 19.8 Å². The molecule has 0 spiro atoms. The molecule has 20 heavy (non-hydrogen) atoms. The van der Waals surface area contributed by atoms with Crippen LogP contribution in [0, 0.1) is 0 Å². The third kappa shape index (κ3) is 3.51. The molecule has 1 aliphatic rings. The molecule has 1 saturated carbocycles. The minimum atomic E-state index is -2.09. The SMILES string of the molecule is CO[Si](CC(C)c1ccccc1)(OC)C1CCCCC1. The molecule has 2 nitrogen and oxygen atoms in total. The first-order valence-electron chi connectivity index (χ1n) is 7.87. The van der Waals surface area contributed by atoms with E-state index in [0.29, 0.717) is 11.5 Å². The van der Waals surface area contributed by atoms with E-state index in [0.717, 1.165) is 6.04 Å². The van der Waals surface area contributed by atoms with E-state index in [1.165, 1.54) is 37.7 Å². The van der Waals surface area contributed by atoms with Gasteiger partial charge in [-0.2, -0.15) is 0 Å². The highest BCUT2D eigenvalue weighted by molar-refractivity contribution is 6.69. The highest BCUT2D eigenvalue weighted by atomic mass is 28.4. The van der Waals surface area contributed by atoms with Crippen LogP contribution in [0.5, 0.6) is 0 Å². The van der Waals surface area contributed by atoms with Crippen molar-refractivity contribution in [2.45, 2.75) is 56.5 Å². The molecule has 0 aromatic heterocycles. The van der Waals surface area contributed by atoms with Crippen LogP contribution in [0.2, 0.25) is 11.6 Å². The fourth-order valence-electron chi connectivity index (χ4n) is 3.62. The van der Waals surface area contributed by atoms with Gasteiger partial charge in [-0.05, 0) is 30.4 Å². The average Bonchev–Trinajstić information content (AvgIpc) is 2.54. The average molecular weight is 292 g/mol. The van der Waals surface area contributed by atoms with Crippen LogP contribution in [-0.4, -0.2) is 22.8 Å². The molecule has 0 N–H and O–H groups in total. The van der Waals surface area contributed by atoms with Crippen molar-refractivity contribution < 1.29 is 8.85 Å². The molecule has 1 fully saturated rings. The maximum atomic E-state index is 6.04. The Labute approximate surface area is 124 Å². The Morgan fingerprint density at radius 2 is 1.65 bits per heavy atom. The second kappa shape index (κ2) is 7.39. The molecule has 2 rings (SSSR count). The van der Waals surface area contributed by atoms with Crippen molar-refractivity contribution in [1.82, 2.24) is 0 Å². The Hall–Kier alpha value is -0.643. The van der Waals surface area contributed by atoms with E-state index in [-0.39, 0.29) is 0 Å². The van der Waals surface area contributed by atoms with Crippen LogP contribution in [0.15, 0.2) is 30.3 Å². The Morgan fingerprint density at radius 3 is 2.20 bits per heavy atom. The zero-order valence-corrected chi connectivity index (χ0v) is 14.1. The van der Waals surface area contributed by atoms with Gasteiger partial charge < -0.3 is 8.85 Å². The Kier molecular flexibility index (Phi) is 5.82. The van der Waals surface area contributed by atoms with E-state index in [9.17, 15) is 0 Å². The summed E-state index contributed by atoms with van der Waals surface area (Å²) in [5, 5.41) is 0. The van der Waals surface area contributed by atoms with Crippen molar-refractivity contribution in [2.75, 3.05) is 14.2 Å². The molecule has 0 saturated heterocycles. The van der Waals surface area contributed by atoms with Crippen LogP contribution in [0.25, 0.3) is 0 Å². The standard InChI is InChI=1S/C17H28O2Si/c1-15(16-10-6-4-7-11-16)14-20(18-2,19-3)17-12-8-5-9-13-17/h4,6-7,10-11,15,17H,5,8-9,12-14H2,1-3H3. The zero-order valence-electron chi connectivity index (χ0n) is 13.1. The van der Waals surface area contributed by atoms with Crippen LogP contribution in [0.1, 0.15) is 50.5 Å². The van der Waals surface area contributed by atoms with Crippen molar-refractivity contribution in [2.24, 2.45) is 0 Å². The van der Waals surface area contributed by atoms with Crippen LogP contribution < -0.4 is 0 Å². The molecule has 3 heteroatoms. The summed E-state index contributed by atoms with van der Waals surface area (Å²) in [5.74, 6) is 0.504. The minimum absolute atomic E-state index is 0.504. The third-order valence-corrected chi connectivity index (χ3v) is 9.26. The summed E-state index contributed by atoms with van der Waals surface area (Å²) < 4.78 is 12.1. The summed E-state index contributed by atoms with van der Waals surface area (Å²) in [6.07, 6.45) is 6.63. The third-order valence-electron chi connectivity index (χ3n) is 4.88. The summed E-state index contributed by atoms with van der Waals surface area (Å²) in [4.78, 5) is 0. The lowest BCUT2D eigenvalue weighted by atomic mass is 10.0. The number of hydrogen-bond donors (Lipinski definition) is 0. The highest BCUT2D eigenvalue weighted by Crippen LogP contribution is 2.42. The molecule has 1 aliphatic carbocycles. The Balaban J connectivity index is 2.11. The number of hydrogen-bond acceptors (Lipinski definition) is 2. The quantitative estimate of drug-likeness (QED) is 0.697. The van der Waals surface area contributed by atoms with E-state index < -0.39 is 8.56 Å². The predicted molar refractivity (Wildman–Crippen MR) is 86.3 cm³/mol. The molecule has 1 aromatic carbocycles. The molecule has 0 heterocycles. The largest absolute Gasteiger partial charge is 0.397 e. The summed E-state index contributed by atoms with van der Waals surface area (Å²) in [5.41, 5.74) is 2.06. The van der Waals surface area contributed by atoms with Gasteiger partial charge in [-0.3, -0.25) is 0 Å². The predicted octanol–water partition coefficient (Wildman–Crippen LogP) is 4.86. The van der Waals surface area contributed by atoms with Crippen LogP contribution in [0.4, 0.5) is 0 Å². The smallest absolute Gasteiger partial charge is 0.341 e. The van der Waals surface area contributed by atoms with Gasteiger partial charge in [0.15, 0.2) is 0 Å². The molecule has 1 atom stereocenters. The molecule has 0 aliphatic heterocycles. The first-order chi connectivity index (χ1) is 9.72. The summed E-state index contributed by atoms with van der Waals surface area (Å²) >= 11 is 0. The van der Waals surface area contributed by atoms with Crippen molar-refractivity contribution >= 4 is 8.56 Å². The fourth-order valence-corrected chi connectivity index (χ4v) is 7.50. The van der Waals surface area contributed by atoms with E-state index in [2.05, 4.69) is 37.3 Å². The first kappa shape index (κ1) is 15.7. The van der Waals surface area contributed by atoms with Crippen molar-refractivity contribution in [1.29, 1.82) is 0 Å². The summed E-state index contributed by atoms with van der Waals surface area (Å²) in [6.45, 7) is 2.30. The monoisotopic (exact) mass is 292 g/mol. The molecule has 112 valence electrons. The summed E-state index contributed by atoms with van der Waals surface area (Å²) in [7, 11) is 1.64. The first-order valence-corrected chi connectivity index (χ1v) is 9.97. The molecule has 0 bridgehead atoms. The van der Waals surface area contributed by atoms with Crippen LogP contribution >= 0.6 is 0 Å². The lowest BCUT2D eigenvalue weighted by Gasteiger charge is -2.38. The van der Waals surface area contributed by atoms with E-state index >= 15 is 0 Å². The van der Waals surface area contributed by atoms with Gasteiger partial charge in [0.1, 0.15) is 0 Å². The minimum Gasteiger partial charge on any atom is -0.397 e. The molecular weight excluding hydrogens is 264 g/mol. The van der Waals surface area contributed by atoms with Gasteiger partial charge in [0.25, 0.3) is 0 Å². The molecule has 1 unspecified atom stereocenters. The fraction of sp³-hybridized carbons (Fsp3) is 0.647. The summed E-state index contributed by atoms with van der Waals surface area (Å²) in [6, 6.07) is 11.8. The van der Waals surface area contributed by atoms with Gasteiger partial charge in [-0.1, -0.05) is 56.5 Å². The molecule has 1 aromatic rings. The maximum Gasteiger partial charge on any atom is 0.341 e. The van der Waals surface area contributed by atoms with Gasteiger partial charge in [0.2, 0.25) is 0 Å². The molecule has 0 amide bonds. The van der Waals surface area contributed by atoms with E-state index in [1.54, 1.807) is 0 Å². The molecule has 0 radical (unpaired) electrons. The number of benzene rings is 1. The maximum absolute atomic E-state index is 6.04. The van der Waals surface area contributed by atoms with Gasteiger partial charge in [0.05, 0.1) is 0 Å². The Bertz CT molecular complexity index is 383. The second-order valence-corrected chi connectivity index (χ2v) is 9.74. The van der Waals surface area contributed by atoms with Crippen LogP contribution in [-0.2, 0) is 8.85 Å². The van der Waals surface area contributed by atoms with E-state index in [4.69, 9.17) is 8.85 Å². The Morgan fingerprint density at radius 1 is 1.05 bits per heavy atom. The van der Waals surface area contributed by atoms with Crippen molar-refractivity contribution in [3.8, 4) is 0 Å². The van der Waals surface area contributed by atoms with Crippen molar-refractivity contribution in [3.05, 3.63) is 35.9 Å². The topological polar surface area (TPSA) is 18.5 Å². The second-order valence-electron chi connectivity index (χ2n) is 6.07.